The maximum absolute atomic E-state index is 11.7. The summed E-state index contributed by atoms with van der Waals surface area (Å²) >= 11 is 0. The zero-order valence-electron chi connectivity index (χ0n) is 20.0. The largest absolute Gasteiger partial charge is 0.369 e. The van der Waals surface area contributed by atoms with Crippen molar-refractivity contribution in [1.82, 2.24) is 14.9 Å². The number of amides is 2. The lowest BCUT2D eigenvalue weighted by atomic mass is 9.76. The van der Waals surface area contributed by atoms with E-state index in [1.807, 2.05) is 54.4 Å². The molecule has 1 atom stereocenters. The highest BCUT2D eigenvalue weighted by molar-refractivity contribution is 5.80. The Bertz CT molecular complexity index is 1130. The molecular weight excluding hydrogens is 430 g/mol. The van der Waals surface area contributed by atoms with E-state index in [-0.39, 0.29) is 18.2 Å². The molecule has 0 aromatic carbocycles. The Morgan fingerprint density at radius 2 is 1.88 bits per heavy atom. The number of nitrogens with two attached hydrogens (primary N) is 1. The number of aryl methyl sites for hydroxylation is 1. The van der Waals surface area contributed by atoms with Crippen LogP contribution in [0.4, 0.5) is 5.69 Å². The molecule has 8 heteroatoms. The lowest BCUT2D eigenvalue weighted by Gasteiger charge is -2.38. The number of aromatic nitrogens is 2. The standard InChI is InChI=1S/C26H31N5O3/c1-18-14-21(8-9-28-18)23-6-4-20(15-25(27)33)16-26(23,34-3)24-7-5-22(17-29-24)31-12-10-30(11-13-31)19(2)32/h4-9,14,17H,10-13,15-16H2,1-3H3,(H2,27,33). The highest BCUT2D eigenvalue weighted by Crippen LogP contribution is 2.46. The summed E-state index contributed by atoms with van der Waals surface area (Å²) in [6.45, 7) is 6.50. The summed E-state index contributed by atoms with van der Waals surface area (Å²) in [4.78, 5) is 36.5. The Morgan fingerprint density at radius 3 is 2.47 bits per heavy atom. The van der Waals surface area contributed by atoms with Crippen LogP contribution in [0.15, 0.2) is 54.4 Å². The molecular formula is C26H31N5O3. The highest BCUT2D eigenvalue weighted by atomic mass is 16.5. The van der Waals surface area contributed by atoms with E-state index in [9.17, 15) is 9.59 Å². The zero-order valence-corrected chi connectivity index (χ0v) is 20.0. The van der Waals surface area contributed by atoms with Crippen LogP contribution >= 0.6 is 0 Å². The molecule has 34 heavy (non-hydrogen) atoms. The summed E-state index contributed by atoms with van der Waals surface area (Å²) in [6, 6.07) is 8.02. The number of pyridine rings is 2. The van der Waals surface area contributed by atoms with Gasteiger partial charge in [-0.05, 0) is 42.3 Å². The SMILES string of the molecule is COC1(c2ccc(N3CCN(C(C)=O)CC3)cn2)CC(CC(N)=O)=CC=C1c1ccnc(C)c1. The Morgan fingerprint density at radius 1 is 1.12 bits per heavy atom. The van der Waals surface area contributed by atoms with Crippen molar-refractivity contribution in [3.63, 3.8) is 0 Å². The summed E-state index contributed by atoms with van der Waals surface area (Å²) in [5.74, 6) is -0.265. The quantitative estimate of drug-likeness (QED) is 0.710. The van der Waals surface area contributed by atoms with E-state index in [2.05, 4.69) is 9.88 Å². The smallest absolute Gasteiger partial charge is 0.221 e. The second-order valence-electron chi connectivity index (χ2n) is 8.84. The van der Waals surface area contributed by atoms with E-state index in [1.54, 1.807) is 20.2 Å². The van der Waals surface area contributed by atoms with Gasteiger partial charge in [0.25, 0.3) is 0 Å². The summed E-state index contributed by atoms with van der Waals surface area (Å²) in [6.07, 6.45) is 8.24. The fourth-order valence-electron chi connectivity index (χ4n) is 4.80. The summed E-state index contributed by atoms with van der Waals surface area (Å²) < 4.78 is 6.21. The Balaban J connectivity index is 1.67. The second kappa shape index (κ2) is 9.77. The molecule has 4 rings (SSSR count). The Kier molecular flexibility index (Phi) is 6.79. The number of nitrogens with zero attached hydrogens (tertiary/aromatic N) is 4. The van der Waals surface area contributed by atoms with E-state index >= 15 is 0 Å². The van der Waals surface area contributed by atoms with Crippen LogP contribution in [-0.2, 0) is 19.9 Å². The monoisotopic (exact) mass is 461 g/mol. The molecule has 0 saturated carbocycles. The number of allylic oxidation sites excluding steroid dienone is 2. The van der Waals surface area contributed by atoms with Gasteiger partial charge in [0, 0.05) is 64.9 Å². The molecule has 1 unspecified atom stereocenters. The van der Waals surface area contributed by atoms with Gasteiger partial charge in [0.15, 0.2) is 0 Å². The van der Waals surface area contributed by atoms with Crippen LogP contribution < -0.4 is 10.6 Å². The number of primary amides is 1. The number of rotatable bonds is 6. The molecule has 0 bridgehead atoms. The van der Waals surface area contributed by atoms with Gasteiger partial charge < -0.3 is 20.3 Å². The number of anilines is 1. The van der Waals surface area contributed by atoms with Crippen LogP contribution in [0.2, 0.25) is 0 Å². The van der Waals surface area contributed by atoms with Crippen molar-refractivity contribution < 1.29 is 14.3 Å². The maximum Gasteiger partial charge on any atom is 0.221 e. The molecule has 1 fully saturated rings. The van der Waals surface area contributed by atoms with Crippen molar-refractivity contribution in [2.24, 2.45) is 5.73 Å². The minimum atomic E-state index is -0.862. The molecule has 0 radical (unpaired) electrons. The third kappa shape index (κ3) is 4.72. The molecule has 2 aliphatic rings. The number of ether oxygens (including phenoxy) is 1. The first kappa shape index (κ1) is 23.6. The lowest BCUT2D eigenvalue weighted by molar-refractivity contribution is -0.129. The van der Waals surface area contributed by atoms with Crippen LogP contribution in [0.3, 0.4) is 0 Å². The highest BCUT2D eigenvalue weighted by Gasteiger charge is 2.41. The first-order valence-electron chi connectivity index (χ1n) is 11.5. The first-order chi connectivity index (χ1) is 16.3. The number of hydrogen-bond donors (Lipinski definition) is 1. The number of carbonyl (C=O) groups is 2. The third-order valence-electron chi connectivity index (χ3n) is 6.61. The second-order valence-corrected chi connectivity index (χ2v) is 8.84. The molecule has 178 valence electrons. The van der Waals surface area contributed by atoms with Crippen molar-refractivity contribution in [2.45, 2.75) is 32.3 Å². The van der Waals surface area contributed by atoms with Gasteiger partial charge in [-0.1, -0.05) is 17.7 Å². The third-order valence-corrected chi connectivity index (χ3v) is 6.61. The van der Waals surface area contributed by atoms with Crippen LogP contribution in [-0.4, -0.2) is 60.0 Å². The maximum atomic E-state index is 11.7. The van der Waals surface area contributed by atoms with Gasteiger partial charge in [-0.2, -0.15) is 0 Å². The number of carbonyl (C=O) groups excluding carboxylic acids is 2. The fraction of sp³-hybridized carbons (Fsp3) is 0.385. The van der Waals surface area contributed by atoms with E-state index < -0.39 is 5.60 Å². The van der Waals surface area contributed by atoms with Crippen LogP contribution in [0, 0.1) is 6.92 Å². The van der Waals surface area contributed by atoms with Gasteiger partial charge in [-0.3, -0.25) is 19.6 Å². The van der Waals surface area contributed by atoms with Crippen molar-refractivity contribution >= 4 is 23.1 Å². The first-order valence-corrected chi connectivity index (χ1v) is 11.5. The molecule has 2 N–H and O–H groups in total. The average Bonchev–Trinajstić information content (AvgIpc) is 2.83. The van der Waals surface area contributed by atoms with E-state index in [1.165, 1.54) is 0 Å². The average molecular weight is 462 g/mol. The summed E-state index contributed by atoms with van der Waals surface area (Å²) in [5.41, 5.74) is 10.2. The van der Waals surface area contributed by atoms with Crippen LogP contribution in [0.1, 0.15) is 36.7 Å². The van der Waals surface area contributed by atoms with Crippen LogP contribution in [0.5, 0.6) is 0 Å². The van der Waals surface area contributed by atoms with Gasteiger partial charge in [-0.25, -0.2) is 0 Å². The molecule has 1 aliphatic carbocycles. The van der Waals surface area contributed by atoms with Crippen molar-refractivity contribution in [3.8, 4) is 0 Å². The summed E-state index contributed by atoms with van der Waals surface area (Å²) in [7, 11) is 1.67. The van der Waals surface area contributed by atoms with Crippen molar-refractivity contribution in [3.05, 3.63) is 71.3 Å². The number of methoxy groups -OCH3 is 1. The topological polar surface area (TPSA) is 102 Å². The van der Waals surface area contributed by atoms with E-state index in [4.69, 9.17) is 15.5 Å². The molecule has 2 amide bonds. The Hall–Kier alpha value is -3.52. The summed E-state index contributed by atoms with van der Waals surface area (Å²) in [5, 5.41) is 0. The zero-order chi connectivity index (χ0) is 24.3. The molecule has 2 aromatic rings. The van der Waals surface area contributed by atoms with Gasteiger partial charge in [0.2, 0.25) is 11.8 Å². The van der Waals surface area contributed by atoms with E-state index in [0.29, 0.717) is 19.5 Å². The molecule has 1 aliphatic heterocycles. The minimum absolute atomic E-state index is 0.109. The molecule has 3 heterocycles. The number of hydrogen-bond acceptors (Lipinski definition) is 6. The van der Waals surface area contributed by atoms with Gasteiger partial charge >= 0.3 is 0 Å². The van der Waals surface area contributed by atoms with Gasteiger partial charge in [0.05, 0.1) is 17.6 Å². The molecule has 2 aromatic heterocycles. The van der Waals surface area contributed by atoms with Gasteiger partial charge in [-0.15, -0.1) is 0 Å². The lowest BCUT2D eigenvalue weighted by Crippen LogP contribution is -2.48. The molecule has 0 spiro atoms. The Labute approximate surface area is 200 Å². The fourth-order valence-corrected chi connectivity index (χ4v) is 4.80. The van der Waals surface area contributed by atoms with E-state index in [0.717, 1.165) is 46.9 Å². The number of piperazine rings is 1. The molecule has 1 saturated heterocycles. The molecule has 8 nitrogen and oxygen atoms in total. The normalized spacial score (nSPS) is 20.6. The predicted octanol–water partition coefficient (Wildman–Crippen LogP) is 2.58. The van der Waals surface area contributed by atoms with Crippen molar-refractivity contribution in [1.29, 1.82) is 0 Å². The van der Waals surface area contributed by atoms with Crippen LogP contribution in [0.25, 0.3) is 5.57 Å². The minimum Gasteiger partial charge on any atom is -0.369 e. The van der Waals surface area contributed by atoms with Gasteiger partial charge in [0.1, 0.15) is 5.60 Å². The predicted molar refractivity (Wildman–Crippen MR) is 131 cm³/mol. The van der Waals surface area contributed by atoms with Crippen molar-refractivity contribution in [2.75, 3.05) is 38.2 Å².